The predicted molar refractivity (Wildman–Crippen MR) is 69.5 cm³/mol. The summed E-state index contributed by atoms with van der Waals surface area (Å²) in [5.74, 6) is -0.989. The van der Waals surface area contributed by atoms with Gasteiger partial charge in [0.1, 0.15) is 5.82 Å². The summed E-state index contributed by atoms with van der Waals surface area (Å²) in [5.41, 5.74) is 0.894. The molecule has 1 amide bonds. The van der Waals surface area contributed by atoms with Crippen LogP contribution in [0.2, 0.25) is 0 Å². The topological polar surface area (TPSA) is 42.0 Å². The van der Waals surface area contributed by atoms with E-state index in [4.69, 9.17) is 0 Å². The number of carbonyl (C=O) groups is 1. The normalized spacial score (nSPS) is 10.1. The fraction of sp³-hybridized carbons (Fsp3) is 0.0769. The highest BCUT2D eigenvalue weighted by Crippen LogP contribution is 2.15. The van der Waals surface area contributed by atoms with Gasteiger partial charge >= 0.3 is 0 Å². The Hall–Kier alpha value is -1.75. The highest BCUT2D eigenvalue weighted by molar-refractivity contribution is 9.10. The molecule has 0 aliphatic rings. The van der Waals surface area contributed by atoms with E-state index >= 15 is 0 Å². The van der Waals surface area contributed by atoms with Gasteiger partial charge < -0.3 is 5.32 Å². The number of hydrogen-bond acceptors (Lipinski definition) is 2. The van der Waals surface area contributed by atoms with Crippen molar-refractivity contribution in [2.24, 2.45) is 0 Å². The number of rotatable bonds is 3. The van der Waals surface area contributed by atoms with Crippen molar-refractivity contribution < 1.29 is 9.18 Å². The second-order valence-electron chi connectivity index (χ2n) is 3.67. The molecule has 1 aromatic heterocycles. The number of nitrogens with zero attached hydrogens (tertiary/aromatic N) is 1. The van der Waals surface area contributed by atoms with Crippen LogP contribution in [0.3, 0.4) is 0 Å². The number of benzene rings is 1. The maximum absolute atomic E-state index is 13.5. The summed E-state index contributed by atoms with van der Waals surface area (Å²) in [4.78, 5) is 15.7. The maximum Gasteiger partial charge on any atom is 0.254 e. The van der Waals surface area contributed by atoms with Crippen molar-refractivity contribution >= 4 is 21.8 Å². The van der Waals surface area contributed by atoms with Crippen molar-refractivity contribution in [3.8, 4) is 0 Å². The van der Waals surface area contributed by atoms with E-state index in [1.54, 1.807) is 24.5 Å². The van der Waals surface area contributed by atoms with Crippen molar-refractivity contribution in [2.45, 2.75) is 6.54 Å². The Bertz CT molecular complexity index is 560. The van der Waals surface area contributed by atoms with E-state index in [0.29, 0.717) is 11.0 Å². The minimum atomic E-state index is -0.548. The molecule has 1 heterocycles. The molecule has 2 rings (SSSR count). The molecule has 0 radical (unpaired) electrons. The van der Waals surface area contributed by atoms with E-state index in [1.807, 2.05) is 6.07 Å². The van der Waals surface area contributed by atoms with E-state index in [2.05, 4.69) is 26.2 Å². The first kappa shape index (κ1) is 12.7. The monoisotopic (exact) mass is 308 g/mol. The van der Waals surface area contributed by atoms with E-state index in [-0.39, 0.29) is 5.56 Å². The largest absolute Gasteiger partial charge is 0.348 e. The first-order valence-electron chi connectivity index (χ1n) is 5.29. The van der Waals surface area contributed by atoms with Gasteiger partial charge in [-0.3, -0.25) is 9.78 Å². The lowest BCUT2D eigenvalue weighted by Gasteiger charge is -2.06. The SMILES string of the molecule is O=C(NCc1cccnc1)c1ccc(Br)cc1F. The molecule has 0 saturated carbocycles. The van der Waals surface area contributed by atoms with Gasteiger partial charge in [0.15, 0.2) is 0 Å². The first-order chi connectivity index (χ1) is 8.66. The Morgan fingerprint density at radius 3 is 2.89 bits per heavy atom. The number of aromatic nitrogens is 1. The number of amides is 1. The lowest BCUT2D eigenvalue weighted by molar-refractivity contribution is 0.0947. The van der Waals surface area contributed by atoms with E-state index in [9.17, 15) is 9.18 Å². The third kappa shape index (κ3) is 3.13. The molecule has 0 aliphatic heterocycles. The summed E-state index contributed by atoms with van der Waals surface area (Å²) in [6, 6.07) is 7.95. The molecular weight excluding hydrogens is 299 g/mol. The number of pyridine rings is 1. The van der Waals surface area contributed by atoms with Crippen LogP contribution in [0.25, 0.3) is 0 Å². The van der Waals surface area contributed by atoms with Crippen molar-refractivity contribution in [1.82, 2.24) is 10.3 Å². The molecule has 18 heavy (non-hydrogen) atoms. The molecule has 2 aromatic rings. The van der Waals surface area contributed by atoms with Gasteiger partial charge in [0.25, 0.3) is 5.91 Å². The summed E-state index contributed by atoms with van der Waals surface area (Å²) >= 11 is 3.14. The summed E-state index contributed by atoms with van der Waals surface area (Å²) in [7, 11) is 0. The molecule has 0 atom stereocenters. The quantitative estimate of drug-likeness (QED) is 0.947. The van der Waals surface area contributed by atoms with Gasteiger partial charge in [-0.05, 0) is 29.8 Å². The van der Waals surface area contributed by atoms with Crippen molar-refractivity contribution in [3.63, 3.8) is 0 Å². The lowest BCUT2D eigenvalue weighted by atomic mass is 10.2. The molecule has 0 spiro atoms. The van der Waals surface area contributed by atoms with Gasteiger partial charge in [-0.25, -0.2) is 4.39 Å². The van der Waals surface area contributed by atoms with Gasteiger partial charge in [-0.2, -0.15) is 0 Å². The Morgan fingerprint density at radius 1 is 1.39 bits per heavy atom. The van der Waals surface area contributed by atoms with Crippen molar-refractivity contribution in [1.29, 1.82) is 0 Å². The fourth-order valence-corrected chi connectivity index (χ4v) is 1.79. The fourth-order valence-electron chi connectivity index (χ4n) is 1.45. The molecule has 3 nitrogen and oxygen atoms in total. The smallest absolute Gasteiger partial charge is 0.254 e. The zero-order valence-electron chi connectivity index (χ0n) is 9.36. The highest BCUT2D eigenvalue weighted by atomic mass is 79.9. The first-order valence-corrected chi connectivity index (χ1v) is 6.08. The van der Waals surface area contributed by atoms with Crippen LogP contribution in [0, 0.1) is 5.82 Å². The van der Waals surface area contributed by atoms with Gasteiger partial charge in [0.05, 0.1) is 5.56 Å². The zero-order chi connectivity index (χ0) is 13.0. The molecule has 1 aromatic carbocycles. The molecular formula is C13H10BrFN2O. The van der Waals surface area contributed by atoms with Gasteiger partial charge in [0.2, 0.25) is 0 Å². The van der Waals surface area contributed by atoms with Crippen LogP contribution < -0.4 is 5.32 Å². The molecule has 0 saturated heterocycles. The van der Waals surface area contributed by atoms with Crippen LogP contribution in [0.4, 0.5) is 4.39 Å². The molecule has 0 aliphatic carbocycles. The molecule has 92 valence electrons. The van der Waals surface area contributed by atoms with E-state index in [1.165, 1.54) is 12.1 Å². The van der Waals surface area contributed by atoms with Crippen LogP contribution in [-0.4, -0.2) is 10.9 Å². The van der Waals surface area contributed by atoms with E-state index in [0.717, 1.165) is 5.56 Å². The van der Waals surface area contributed by atoms with E-state index < -0.39 is 11.7 Å². The molecule has 0 bridgehead atoms. The van der Waals surface area contributed by atoms with Crippen LogP contribution in [0.5, 0.6) is 0 Å². The van der Waals surface area contributed by atoms with Gasteiger partial charge in [-0.1, -0.05) is 22.0 Å². The third-order valence-corrected chi connectivity index (χ3v) is 2.84. The minimum absolute atomic E-state index is 0.0297. The minimum Gasteiger partial charge on any atom is -0.348 e. The van der Waals surface area contributed by atoms with Crippen LogP contribution in [0.15, 0.2) is 47.2 Å². The summed E-state index contributed by atoms with van der Waals surface area (Å²) in [6.45, 7) is 0.322. The molecule has 5 heteroatoms. The summed E-state index contributed by atoms with van der Waals surface area (Å²) in [6.07, 6.45) is 3.30. The zero-order valence-corrected chi connectivity index (χ0v) is 10.9. The molecule has 0 unspecified atom stereocenters. The molecule has 0 fully saturated rings. The lowest BCUT2D eigenvalue weighted by Crippen LogP contribution is -2.23. The van der Waals surface area contributed by atoms with Crippen LogP contribution >= 0.6 is 15.9 Å². The number of hydrogen-bond donors (Lipinski definition) is 1. The summed E-state index contributed by atoms with van der Waals surface area (Å²) < 4.78 is 14.1. The Kier molecular flexibility index (Phi) is 4.04. The number of carbonyl (C=O) groups excluding carboxylic acids is 1. The maximum atomic E-state index is 13.5. The average Bonchev–Trinajstić information content (AvgIpc) is 2.37. The predicted octanol–water partition coefficient (Wildman–Crippen LogP) is 2.91. The highest BCUT2D eigenvalue weighted by Gasteiger charge is 2.11. The summed E-state index contributed by atoms with van der Waals surface area (Å²) in [5, 5.41) is 2.64. The number of halogens is 2. The van der Waals surface area contributed by atoms with Gasteiger partial charge in [0, 0.05) is 23.4 Å². The second-order valence-corrected chi connectivity index (χ2v) is 4.58. The number of nitrogens with one attached hydrogen (secondary N) is 1. The van der Waals surface area contributed by atoms with Crippen molar-refractivity contribution in [3.05, 3.63) is 64.1 Å². The average molecular weight is 309 g/mol. The second kappa shape index (κ2) is 5.73. The van der Waals surface area contributed by atoms with Crippen LogP contribution in [0.1, 0.15) is 15.9 Å². The standard InChI is InChI=1S/C13H10BrFN2O/c14-10-3-4-11(12(15)6-10)13(18)17-8-9-2-1-5-16-7-9/h1-7H,8H2,(H,17,18). The third-order valence-electron chi connectivity index (χ3n) is 2.35. The Labute approximate surface area is 112 Å². The van der Waals surface area contributed by atoms with Crippen molar-refractivity contribution in [2.75, 3.05) is 0 Å². The Balaban J connectivity index is 2.04. The Morgan fingerprint density at radius 2 is 2.22 bits per heavy atom. The van der Waals surface area contributed by atoms with Gasteiger partial charge in [-0.15, -0.1) is 0 Å². The van der Waals surface area contributed by atoms with Crippen LogP contribution in [-0.2, 0) is 6.54 Å². The molecule has 1 N–H and O–H groups in total.